The molecule has 0 rings (SSSR count). The number of nitrogens with zero attached hydrogens (tertiary/aromatic N) is 1. The molecular formula is C12H28N2O3. The van der Waals surface area contributed by atoms with Crippen molar-refractivity contribution in [3.63, 3.8) is 0 Å². The summed E-state index contributed by atoms with van der Waals surface area (Å²) in [7, 11) is 4.04. The van der Waals surface area contributed by atoms with Crippen LogP contribution in [0.25, 0.3) is 0 Å². The highest BCUT2D eigenvalue weighted by Gasteiger charge is 2.04. The summed E-state index contributed by atoms with van der Waals surface area (Å²) in [5.41, 5.74) is 0. The van der Waals surface area contributed by atoms with Crippen LogP contribution in [0.2, 0.25) is 0 Å². The van der Waals surface area contributed by atoms with E-state index in [0.717, 1.165) is 19.7 Å². The van der Waals surface area contributed by atoms with Crippen LogP contribution in [0.4, 0.5) is 0 Å². The van der Waals surface area contributed by atoms with Gasteiger partial charge in [0.2, 0.25) is 0 Å². The molecule has 5 heteroatoms. The first kappa shape index (κ1) is 16.8. The summed E-state index contributed by atoms with van der Waals surface area (Å²) in [6.07, 6.45) is -0.279. The van der Waals surface area contributed by atoms with Crippen LogP contribution in [0.5, 0.6) is 0 Å². The highest BCUT2D eigenvalue weighted by molar-refractivity contribution is 4.58. The van der Waals surface area contributed by atoms with Crippen molar-refractivity contribution >= 4 is 0 Å². The zero-order valence-corrected chi connectivity index (χ0v) is 11.6. The predicted molar refractivity (Wildman–Crippen MR) is 69.3 cm³/mol. The summed E-state index contributed by atoms with van der Waals surface area (Å²) in [5, 5.41) is 12.7. The van der Waals surface area contributed by atoms with Crippen molar-refractivity contribution in [2.24, 2.45) is 0 Å². The van der Waals surface area contributed by atoms with E-state index in [1.807, 2.05) is 27.9 Å². The second-order valence-electron chi connectivity index (χ2n) is 4.66. The number of ether oxygens (including phenoxy) is 2. The highest BCUT2D eigenvalue weighted by Crippen LogP contribution is 1.90. The molecule has 0 spiro atoms. The van der Waals surface area contributed by atoms with Crippen LogP contribution in [0.3, 0.4) is 0 Å². The fourth-order valence-corrected chi connectivity index (χ4v) is 1.12. The van der Waals surface area contributed by atoms with Crippen LogP contribution in [-0.2, 0) is 9.47 Å². The summed E-state index contributed by atoms with van der Waals surface area (Å²) in [5.74, 6) is 0. The summed E-state index contributed by atoms with van der Waals surface area (Å²) in [6, 6.07) is 0. The van der Waals surface area contributed by atoms with E-state index in [9.17, 15) is 5.11 Å². The summed E-state index contributed by atoms with van der Waals surface area (Å²) in [6.45, 7) is 7.95. The average molecular weight is 248 g/mol. The van der Waals surface area contributed by atoms with Gasteiger partial charge in [0.1, 0.15) is 0 Å². The van der Waals surface area contributed by atoms with Gasteiger partial charge in [0.15, 0.2) is 0 Å². The topological polar surface area (TPSA) is 54.0 Å². The van der Waals surface area contributed by atoms with Crippen LogP contribution < -0.4 is 5.32 Å². The fourth-order valence-electron chi connectivity index (χ4n) is 1.12. The fraction of sp³-hybridized carbons (Fsp3) is 1.00. The van der Waals surface area contributed by atoms with Gasteiger partial charge in [0.25, 0.3) is 0 Å². The molecule has 0 radical (unpaired) electrons. The molecule has 0 aromatic heterocycles. The van der Waals surface area contributed by atoms with Crippen LogP contribution in [-0.4, -0.2) is 75.8 Å². The maximum absolute atomic E-state index is 9.54. The van der Waals surface area contributed by atoms with Crippen LogP contribution >= 0.6 is 0 Å². The van der Waals surface area contributed by atoms with Crippen molar-refractivity contribution in [2.75, 3.05) is 53.6 Å². The molecule has 0 saturated heterocycles. The predicted octanol–water partition coefficient (Wildman–Crippen LogP) is -0.0599. The molecule has 0 fully saturated rings. The average Bonchev–Trinajstić information content (AvgIpc) is 2.24. The van der Waals surface area contributed by atoms with Gasteiger partial charge < -0.3 is 24.8 Å². The number of hydrogen-bond acceptors (Lipinski definition) is 5. The smallest absolute Gasteiger partial charge is 0.0897 e. The first-order valence-electron chi connectivity index (χ1n) is 6.25. The zero-order chi connectivity index (χ0) is 13.1. The molecule has 0 saturated carbocycles. The number of rotatable bonds is 11. The first-order valence-corrected chi connectivity index (χ1v) is 6.25. The second kappa shape index (κ2) is 10.9. The molecule has 0 aliphatic heterocycles. The minimum Gasteiger partial charge on any atom is -0.389 e. The Kier molecular flexibility index (Phi) is 10.8. The van der Waals surface area contributed by atoms with Crippen LogP contribution in [0, 0.1) is 0 Å². The molecule has 1 unspecified atom stereocenters. The van der Waals surface area contributed by atoms with Crippen molar-refractivity contribution in [3.05, 3.63) is 0 Å². The highest BCUT2D eigenvalue weighted by atomic mass is 16.5. The Morgan fingerprint density at radius 2 is 1.94 bits per heavy atom. The SMILES string of the molecule is CC(C)OCC(O)CNCCOCCN(C)C. The largest absolute Gasteiger partial charge is 0.389 e. The van der Waals surface area contributed by atoms with E-state index < -0.39 is 6.10 Å². The van der Waals surface area contributed by atoms with E-state index in [2.05, 4.69) is 10.2 Å². The molecule has 0 heterocycles. The van der Waals surface area contributed by atoms with Gasteiger partial charge in [-0.05, 0) is 27.9 Å². The van der Waals surface area contributed by atoms with E-state index in [4.69, 9.17) is 9.47 Å². The quantitative estimate of drug-likeness (QED) is 0.502. The molecular weight excluding hydrogens is 220 g/mol. The third kappa shape index (κ3) is 13.7. The lowest BCUT2D eigenvalue weighted by Gasteiger charge is -2.14. The molecule has 2 N–H and O–H groups in total. The van der Waals surface area contributed by atoms with Gasteiger partial charge in [-0.25, -0.2) is 0 Å². The van der Waals surface area contributed by atoms with Crippen LogP contribution in [0.1, 0.15) is 13.8 Å². The van der Waals surface area contributed by atoms with Gasteiger partial charge in [-0.2, -0.15) is 0 Å². The Morgan fingerprint density at radius 1 is 1.24 bits per heavy atom. The maximum atomic E-state index is 9.54. The second-order valence-corrected chi connectivity index (χ2v) is 4.66. The lowest BCUT2D eigenvalue weighted by Crippen LogP contribution is -2.33. The molecule has 0 aromatic rings. The number of hydrogen-bond donors (Lipinski definition) is 2. The van der Waals surface area contributed by atoms with E-state index in [0.29, 0.717) is 19.8 Å². The zero-order valence-electron chi connectivity index (χ0n) is 11.6. The monoisotopic (exact) mass is 248 g/mol. The van der Waals surface area contributed by atoms with E-state index in [1.165, 1.54) is 0 Å². The molecule has 0 aliphatic rings. The van der Waals surface area contributed by atoms with Crippen molar-refractivity contribution in [3.8, 4) is 0 Å². The molecule has 104 valence electrons. The lowest BCUT2D eigenvalue weighted by molar-refractivity contribution is 0.00568. The van der Waals surface area contributed by atoms with Gasteiger partial charge in [0, 0.05) is 19.6 Å². The van der Waals surface area contributed by atoms with Gasteiger partial charge in [-0.3, -0.25) is 0 Å². The third-order valence-electron chi connectivity index (χ3n) is 2.11. The standard InChI is InChI=1S/C12H28N2O3/c1-11(2)17-10-12(15)9-13-5-7-16-8-6-14(3)4/h11-13,15H,5-10H2,1-4H3. The Hall–Kier alpha value is -0.200. The summed E-state index contributed by atoms with van der Waals surface area (Å²) in [4.78, 5) is 2.08. The summed E-state index contributed by atoms with van der Waals surface area (Å²) >= 11 is 0. The van der Waals surface area contributed by atoms with Gasteiger partial charge in [-0.15, -0.1) is 0 Å². The number of likely N-dealkylation sites (N-methyl/N-ethyl adjacent to an activating group) is 1. The minimum absolute atomic E-state index is 0.166. The minimum atomic E-state index is -0.445. The Bertz CT molecular complexity index is 166. The number of aliphatic hydroxyl groups is 1. The number of aliphatic hydroxyl groups excluding tert-OH is 1. The molecule has 0 aliphatic carbocycles. The van der Waals surface area contributed by atoms with Crippen molar-refractivity contribution < 1.29 is 14.6 Å². The van der Waals surface area contributed by atoms with Gasteiger partial charge in [0.05, 0.1) is 32.0 Å². The number of nitrogens with one attached hydrogen (secondary N) is 1. The van der Waals surface area contributed by atoms with E-state index in [1.54, 1.807) is 0 Å². The van der Waals surface area contributed by atoms with Crippen molar-refractivity contribution in [1.29, 1.82) is 0 Å². The molecule has 17 heavy (non-hydrogen) atoms. The Morgan fingerprint density at radius 3 is 2.53 bits per heavy atom. The lowest BCUT2D eigenvalue weighted by atomic mass is 10.3. The molecule has 0 amide bonds. The Labute approximate surface area is 105 Å². The summed E-state index contributed by atoms with van der Waals surface area (Å²) < 4.78 is 10.7. The molecule has 1 atom stereocenters. The maximum Gasteiger partial charge on any atom is 0.0897 e. The van der Waals surface area contributed by atoms with Crippen molar-refractivity contribution in [2.45, 2.75) is 26.1 Å². The van der Waals surface area contributed by atoms with Crippen LogP contribution in [0.15, 0.2) is 0 Å². The first-order chi connectivity index (χ1) is 8.02. The van der Waals surface area contributed by atoms with Gasteiger partial charge in [-0.1, -0.05) is 0 Å². The van der Waals surface area contributed by atoms with Crippen molar-refractivity contribution in [1.82, 2.24) is 10.2 Å². The normalized spacial score (nSPS) is 13.6. The molecule has 5 nitrogen and oxygen atoms in total. The third-order valence-corrected chi connectivity index (χ3v) is 2.11. The molecule has 0 bridgehead atoms. The Balaban J connectivity index is 3.16. The van der Waals surface area contributed by atoms with Gasteiger partial charge >= 0.3 is 0 Å². The van der Waals surface area contributed by atoms with E-state index in [-0.39, 0.29) is 6.10 Å². The molecule has 0 aromatic carbocycles. The van der Waals surface area contributed by atoms with E-state index >= 15 is 0 Å².